The van der Waals surface area contributed by atoms with E-state index < -0.39 is 0 Å². The number of pyridine rings is 1. The Balaban J connectivity index is 3.23. The molecule has 0 unspecified atom stereocenters. The molecule has 0 aliphatic heterocycles. The first-order valence-electron chi connectivity index (χ1n) is 3.92. The molecular weight excluding hydrogens is 148 g/mol. The molecule has 64 valence electrons. The van der Waals surface area contributed by atoms with Crippen LogP contribution in [0.1, 0.15) is 25.1 Å². The first-order valence-corrected chi connectivity index (χ1v) is 3.92. The predicted molar refractivity (Wildman–Crippen MR) is 51.5 cm³/mol. The van der Waals surface area contributed by atoms with Gasteiger partial charge in [-0.3, -0.25) is 4.98 Å². The van der Waals surface area contributed by atoms with Crippen LogP contribution in [0.4, 0.5) is 0 Å². The summed E-state index contributed by atoms with van der Waals surface area (Å²) >= 11 is 0. The van der Waals surface area contributed by atoms with Crippen molar-refractivity contribution in [3.8, 4) is 0 Å². The van der Waals surface area contributed by atoms with Crippen LogP contribution in [-0.2, 0) is 5.54 Å². The highest BCUT2D eigenvalue weighted by molar-refractivity contribution is 5.48. The number of aromatic nitrogens is 1. The summed E-state index contributed by atoms with van der Waals surface area (Å²) in [4.78, 5) is 4.17. The molecule has 2 nitrogen and oxygen atoms in total. The number of hydrogen-bond acceptors (Lipinski definition) is 2. The second kappa shape index (κ2) is 3.07. The number of nitrogens with two attached hydrogens (primary N) is 1. The van der Waals surface area contributed by atoms with Gasteiger partial charge in [0.2, 0.25) is 0 Å². The van der Waals surface area contributed by atoms with Gasteiger partial charge in [-0.05, 0) is 31.6 Å². The lowest BCUT2D eigenvalue weighted by molar-refractivity contribution is 0.551. The summed E-state index contributed by atoms with van der Waals surface area (Å²) in [5.74, 6) is 0. The number of rotatable bonds is 2. The first-order chi connectivity index (χ1) is 5.55. The van der Waals surface area contributed by atoms with Gasteiger partial charge in [0.15, 0.2) is 0 Å². The molecule has 0 aromatic carbocycles. The van der Waals surface area contributed by atoms with Gasteiger partial charge in [-0.1, -0.05) is 12.6 Å². The molecule has 2 heteroatoms. The molecule has 12 heavy (non-hydrogen) atoms. The van der Waals surface area contributed by atoms with Gasteiger partial charge >= 0.3 is 0 Å². The summed E-state index contributed by atoms with van der Waals surface area (Å²) in [5.41, 5.74) is 7.49. The third kappa shape index (κ3) is 1.71. The Morgan fingerprint density at radius 3 is 2.67 bits per heavy atom. The van der Waals surface area contributed by atoms with Crippen molar-refractivity contribution in [3.05, 3.63) is 36.2 Å². The molecule has 0 spiro atoms. The minimum absolute atomic E-state index is 0.349. The lowest BCUT2D eigenvalue weighted by Crippen LogP contribution is -2.29. The van der Waals surface area contributed by atoms with E-state index in [1.807, 2.05) is 26.0 Å². The highest BCUT2D eigenvalue weighted by Crippen LogP contribution is 2.19. The van der Waals surface area contributed by atoms with Crippen LogP contribution in [0.2, 0.25) is 0 Å². The molecule has 0 saturated heterocycles. The highest BCUT2D eigenvalue weighted by Gasteiger charge is 2.16. The van der Waals surface area contributed by atoms with Crippen molar-refractivity contribution in [2.75, 3.05) is 0 Å². The normalized spacial score (nSPS) is 11.2. The fourth-order valence-electron chi connectivity index (χ4n) is 1.13. The van der Waals surface area contributed by atoms with Gasteiger partial charge < -0.3 is 5.73 Å². The molecule has 1 aromatic heterocycles. The third-order valence-electron chi connectivity index (χ3n) is 1.73. The Hall–Kier alpha value is -1.15. The van der Waals surface area contributed by atoms with Crippen LogP contribution in [0, 0.1) is 0 Å². The van der Waals surface area contributed by atoms with E-state index in [2.05, 4.69) is 11.6 Å². The lowest BCUT2D eigenvalue weighted by atomic mass is 9.94. The summed E-state index contributed by atoms with van der Waals surface area (Å²) in [6, 6.07) is 3.86. The summed E-state index contributed by atoms with van der Waals surface area (Å²) in [6.07, 6.45) is 3.47. The van der Waals surface area contributed by atoms with Crippen LogP contribution in [-0.4, -0.2) is 4.98 Å². The molecule has 1 rings (SSSR count). The smallest absolute Gasteiger partial charge is 0.0674 e. The van der Waals surface area contributed by atoms with E-state index in [9.17, 15) is 0 Å². The maximum Gasteiger partial charge on any atom is 0.0674 e. The van der Waals surface area contributed by atoms with Gasteiger partial charge in [0.25, 0.3) is 0 Å². The van der Waals surface area contributed by atoms with E-state index in [-0.39, 0.29) is 5.54 Å². The Morgan fingerprint density at radius 1 is 1.58 bits per heavy atom. The van der Waals surface area contributed by atoms with Gasteiger partial charge in [0.05, 0.1) is 5.69 Å². The van der Waals surface area contributed by atoms with Crippen LogP contribution >= 0.6 is 0 Å². The molecule has 0 aliphatic carbocycles. The zero-order valence-electron chi connectivity index (χ0n) is 7.54. The van der Waals surface area contributed by atoms with E-state index in [0.717, 1.165) is 11.3 Å². The van der Waals surface area contributed by atoms with Crippen molar-refractivity contribution < 1.29 is 0 Å². The van der Waals surface area contributed by atoms with E-state index in [1.54, 1.807) is 12.3 Å². The topological polar surface area (TPSA) is 38.9 Å². The maximum atomic E-state index is 5.95. The van der Waals surface area contributed by atoms with E-state index in [1.165, 1.54) is 0 Å². The van der Waals surface area contributed by atoms with Crippen molar-refractivity contribution in [1.82, 2.24) is 4.98 Å². The highest BCUT2D eigenvalue weighted by atomic mass is 14.7. The van der Waals surface area contributed by atoms with Crippen LogP contribution in [0.5, 0.6) is 0 Å². The van der Waals surface area contributed by atoms with E-state index in [0.29, 0.717) is 0 Å². The van der Waals surface area contributed by atoms with E-state index >= 15 is 0 Å². The molecule has 1 heterocycles. The summed E-state index contributed by atoms with van der Waals surface area (Å²) in [5, 5.41) is 0. The van der Waals surface area contributed by atoms with Gasteiger partial charge in [-0.15, -0.1) is 0 Å². The number of nitrogens with zero attached hydrogens (tertiary/aromatic N) is 1. The monoisotopic (exact) mass is 162 g/mol. The van der Waals surface area contributed by atoms with Crippen LogP contribution < -0.4 is 5.73 Å². The molecule has 0 amide bonds. The molecule has 0 aliphatic rings. The molecule has 0 fully saturated rings. The standard InChI is InChI=1S/C10H14N2/c1-4-9-8(10(2,3)11)6-5-7-12-9/h4-7H,1,11H2,2-3H3. The summed E-state index contributed by atoms with van der Waals surface area (Å²) < 4.78 is 0. The molecule has 0 atom stereocenters. The van der Waals surface area contributed by atoms with Crippen LogP contribution in [0.15, 0.2) is 24.9 Å². The largest absolute Gasteiger partial charge is 0.322 e. The van der Waals surface area contributed by atoms with Crippen molar-refractivity contribution >= 4 is 6.08 Å². The van der Waals surface area contributed by atoms with Gasteiger partial charge in [0, 0.05) is 11.7 Å². The zero-order valence-corrected chi connectivity index (χ0v) is 7.54. The molecule has 1 aromatic rings. The molecule has 0 bridgehead atoms. The fourth-order valence-corrected chi connectivity index (χ4v) is 1.13. The van der Waals surface area contributed by atoms with Gasteiger partial charge in [-0.25, -0.2) is 0 Å². The van der Waals surface area contributed by atoms with Crippen molar-refractivity contribution in [3.63, 3.8) is 0 Å². The lowest BCUT2D eigenvalue weighted by Gasteiger charge is -2.20. The molecule has 2 N–H and O–H groups in total. The van der Waals surface area contributed by atoms with Crippen molar-refractivity contribution in [2.45, 2.75) is 19.4 Å². The Kier molecular flexibility index (Phi) is 2.29. The Morgan fingerprint density at radius 2 is 2.25 bits per heavy atom. The average Bonchev–Trinajstić information content (AvgIpc) is 2.03. The number of hydrogen-bond donors (Lipinski definition) is 1. The molecule has 0 radical (unpaired) electrons. The maximum absolute atomic E-state index is 5.95. The summed E-state index contributed by atoms with van der Waals surface area (Å²) in [7, 11) is 0. The van der Waals surface area contributed by atoms with Gasteiger partial charge in [-0.2, -0.15) is 0 Å². The van der Waals surface area contributed by atoms with Crippen LogP contribution in [0.3, 0.4) is 0 Å². The van der Waals surface area contributed by atoms with Crippen molar-refractivity contribution in [2.24, 2.45) is 5.73 Å². The third-order valence-corrected chi connectivity index (χ3v) is 1.73. The van der Waals surface area contributed by atoms with Crippen molar-refractivity contribution in [1.29, 1.82) is 0 Å². The second-order valence-corrected chi connectivity index (χ2v) is 3.36. The predicted octanol–water partition coefficient (Wildman–Crippen LogP) is 1.92. The molecular formula is C10H14N2. The fraction of sp³-hybridized carbons (Fsp3) is 0.300. The Labute approximate surface area is 73.1 Å². The zero-order chi connectivity index (χ0) is 9.19. The average molecular weight is 162 g/mol. The Bertz CT molecular complexity index is 284. The minimum atomic E-state index is -0.349. The quantitative estimate of drug-likeness (QED) is 0.721. The van der Waals surface area contributed by atoms with Gasteiger partial charge in [0.1, 0.15) is 0 Å². The SMILES string of the molecule is C=Cc1ncccc1C(C)(C)N. The van der Waals surface area contributed by atoms with E-state index in [4.69, 9.17) is 5.73 Å². The second-order valence-electron chi connectivity index (χ2n) is 3.36. The van der Waals surface area contributed by atoms with Crippen LogP contribution in [0.25, 0.3) is 6.08 Å². The molecule has 0 saturated carbocycles. The summed E-state index contributed by atoms with van der Waals surface area (Å²) in [6.45, 7) is 7.60. The first kappa shape index (κ1) is 8.94. The minimum Gasteiger partial charge on any atom is -0.322 e.